The molecule has 0 spiro atoms. The molecule has 0 aromatic heterocycles. The molecule has 0 amide bonds. The Morgan fingerprint density at radius 2 is 1.95 bits per heavy atom. The van der Waals surface area contributed by atoms with Gasteiger partial charge in [-0.3, -0.25) is 0 Å². The quantitative estimate of drug-likeness (QED) is 0.830. The normalized spacial score (nSPS) is 13.9. The van der Waals surface area contributed by atoms with Crippen molar-refractivity contribution in [2.45, 2.75) is 19.4 Å². The lowest BCUT2D eigenvalue weighted by Gasteiger charge is -2.15. The minimum absolute atomic E-state index is 0.00597. The van der Waals surface area contributed by atoms with Gasteiger partial charge in [0.15, 0.2) is 17.6 Å². The summed E-state index contributed by atoms with van der Waals surface area (Å²) in [6, 6.07) is 2.59. The summed E-state index contributed by atoms with van der Waals surface area (Å²) in [6.07, 6.45) is -0.901. The molecule has 1 aliphatic rings. The van der Waals surface area contributed by atoms with Crippen LogP contribution in [0.3, 0.4) is 0 Å². The molecule has 19 heavy (non-hydrogen) atoms. The van der Waals surface area contributed by atoms with Crippen LogP contribution in [-0.4, -0.2) is 35.0 Å². The first-order chi connectivity index (χ1) is 9.02. The van der Waals surface area contributed by atoms with Gasteiger partial charge in [-0.25, -0.2) is 9.59 Å². The number of rotatable bonds is 5. The van der Waals surface area contributed by atoms with E-state index in [1.807, 2.05) is 0 Å². The third-order valence-corrected chi connectivity index (χ3v) is 2.62. The number of ether oxygens (including phenoxy) is 3. The number of aliphatic carboxylic acids is 1. The van der Waals surface area contributed by atoms with Crippen molar-refractivity contribution in [2.24, 2.45) is 0 Å². The summed E-state index contributed by atoms with van der Waals surface area (Å²) in [6.45, 7) is 1.63. The number of hydrogen-bond acceptors (Lipinski definition) is 5. The molecule has 7 nitrogen and oxygen atoms in total. The van der Waals surface area contributed by atoms with Crippen molar-refractivity contribution in [2.75, 3.05) is 6.79 Å². The van der Waals surface area contributed by atoms with Crippen molar-refractivity contribution in [3.05, 3.63) is 17.7 Å². The molecule has 0 aliphatic carbocycles. The Morgan fingerprint density at radius 3 is 2.47 bits per heavy atom. The smallest absolute Gasteiger partial charge is 0.344 e. The molecule has 0 radical (unpaired) electrons. The lowest BCUT2D eigenvalue weighted by Crippen LogP contribution is -2.26. The number of hydrogen-bond donors (Lipinski definition) is 2. The standard InChI is InChI=1S/C12H12O7/c1-2-7(12(15)16)19-8-4-10-9(17-5-18-10)3-6(8)11(13)14/h3-4,7H,2,5H2,1H3,(H,13,14)(H,15,16). The van der Waals surface area contributed by atoms with Crippen molar-refractivity contribution in [3.63, 3.8) is 0 Å². The van der Waals surface area contributed by atoms with E-state index < -0.39 is 18.0 Å². The maximum Gasteiger partial charge on any atom is 0.344 e. The molecule has 1 atom stereocenters. The van der Waals surface area contributed by atoms with Gasteiger partial charge in [0.05, 0.1) is 0 Å². The highest BCUT2D eigenvalue weighted by Gasteiger charge is 2.25. The predicted molar refractivity (Wildman–Crippen MR) is 61.9 cm³/mol. The summed E-state index contributed by atoms with van der Waals surface area (Å²) in [4.78, 5) is 22.1. The number of fused-ring (bicyclic) bond motifs is 1. The summed E-state index contributed by atoms with van der Waals surface area (Å²) in [5.41, 5.74) is -0.163. The number of carboxylic acids is 2. The monoisotopic (exact) mass is 268 g/mol. The Balaban J connectivity index is 2.38. The largest absolute Gasteiger partial charge is 0.479 e. The fourth-order valence-electron chi connectivity index (χ4n) is 1.65. The second kappa shape index (κ2) is 5.05. The van der Waals surface area contributed by atoms with Crippen LogP contribution in [0.4, 0.5) is 0 Å². The van der Waals surface area contributed by atoms with Crippen molar-refractivity contribution >= 4 is 11.9 Å². The molecule has 2 N–H and O–H groups in total. The summed E-state index contributed by atoms with van der Waals surface area (Å²) < 4.78 is 15.4. The van der Waals surface area contributed by atoms with Crippen molar-refractivity contribution in [1.29, 1.82) is 0 Å². The molecule has 0 saturated carbocycles. The molecule has 7 heteroatoms. The Labute approximate surface area is 108 Å². The van der Waals surface area contributed by atoms with E-state index >= 15 is 0 Å². The van der Waals surface area contributed by atoms with E-state index in [0.717, 1.165) is 0 Å². The van der Waals surface area contributed by atoms with E-state index in [9.17, 15) is 9.59 Å². The van der Waals surface area contributed by atoms with E-state index in [0.29, 0.717) is 11.5 Å². The Morgan fingerprint density at radius 1 is 1.32 bits per heavy atom. The van der Waals surface area contributed by atoms with E-state index in [-0.39, 0.29) is 24.5 Å². The maximum absolute atomic E-state index is 11.1. The van der Waals surface area contributed by atoms with Crippen molar-refractivity contribution in [3.8, 4) is 17.2 Å². The zero-order valence-electron chi connectivity index (χ0n) is 10.1. The Bertz CT molecular complexity index is 523. The lowest BCUT2D eigenvalue weighted by molar-refractivity contribution is -0.145. The van der Waals surface area contributed by atoms with Gasteiger partial charge in [0.1, 0.15) is 11.3 Å². The molecule has 1 aromatic rings. The number of aromatic carboxylic acids is 1. The average molecular weight is 268 g/mol. The second-order valence-corrected chi connectivity index (χ2v) is 3.86. The highest BCUT2D eigenvalue weighted by atomic mass is 16.7. The topological polar surface area (TPSA) is 102 Å². The average Bonchev–Trinajstić information content (AvgIpc) is 2.81. The van der Waals surface area contributed by atoms with Gasteiger partial charge in [0.2, 0.25) is 6.79 Å². The van der Waals surface area contributed by atoms with Gasteiger partial charge < -0.3 is 24.4 Å². The molecule has 0 fully saturated rings. The van der Waals surface area contributed by atoms with E-state index in [2.05, 4.69) is 0 Å². The van der Waals surface area contributed by atoms with Gasteiger partial charge in [-0.1, -0.05) is 6.92 Å². The van der Waals surface area contributed by atoms with Crippen LogP contribution in [0.15, 0.2) is 12.1 Å². The summed E-state index contributed by atoms with van der Waals surface area (Å²) in [5.74, 6) is -1.80. The zero-order chi connectivity index (χ0) is 14.0. The summed E-state index contributed by atoms with van der Waals surface area (Å²) in [5, 5.41) is 18.0. The van der Waals surface area contributed by atoms with Crippen molar-refractivity contribution in [1.82, 2.24) is 0 Å². The first kappa shape index (κ1) is 13.0. The minimum Gasteiger partial charge on any atom is -0.479 e. The summed E-state index contributed by atoms with van der Waals surface area (Å²) >= 11 is 0. The van der Waals surface area contributed by atoms with Gasteiger partial charge in [-0.2, -0.15) is 0 Å². The fourth-order valence-corrected chi connectivity index (χ4v) is 1.65. The highest BCUT2D eigenvalue weighted by Crippen LogP contribution is 2.38. The number of carbonyl (C=O) groups is 2. The SMILES string of the molecule is CCC(Oc1cc2c(cc1C(=O)O)OCO2)C(=O)O. The van der Waals surface area contributed by atoms with Crippen LogP contribution in [0.2, 0.25) is 0 Å². The van der Waals surface area contributed by atoms with Crippen LogP contribution >= 0.6 is 0 Å². The van der Waals surface area contributed by atoms with Crippen LogP contribution in [0.1, 0.15) is 23.7 Å². The molecule has 1 heterocycles. The zero-order valence-corrected chi connectivity index (χ0v) is 10.1. The molecule has 102 valence electrons. The van der Waals surface area contributed by atoms with E-state index in [1.165, 1.54) is 12.1 Å². The number of carboxylic acid groups (broad SMARTS) is 2. The van der Waals surface area contributed by atoms with Crippen LogP contribution in [0, 0.1) is 0 Å². The molecule has 1 unspecified atom stereocenters. The van der Waals surface area contributed by atoms with Crippen LogP contribution in [0.5, 0.6) is 17.2 Å². The van der Waals surface area contributed by atoms with Gasteiger partial charge in [0, 0.05) is 12.1 Å². The Hall–Kier alpha value is -2.44. The van der Waals surface area contributed by atoms with Gasteiger partial charge >= 0.3 is 11.9 Å². The van der Waals surface area contributed by atoms with E-state index in [1.54, 1.807) is 6.92 Å². The van der Waals surface area contributed by atoms with Gasteiger partial charge in [0.25, 0.3) is 0 Å². The Kier molecular flexibility index (Phi) is 3.46. The molecule has 1 aromatic carbocycles. The first-order valence-electron chi connectivity index (χ1n) is 5.59. The molecule has 2 rings (SSSR count). The highest BCUT2D eigenvalue weighted by molar-refractivity contribution is 5.92. The maximum atomic E-state index is 11.1. The first-order valence-corrected chi connectivity index (χ1v) is 5.59. The predicted octanol–water partition coefficient (Wildman–Crippen LogP) is 1.36. The second-order valence-electron chi connectivity index (χ2n) is 3.86. The van der Waals surface area contributed by atoms with Crippen molar-refractivity contribution < 1.29 is 34.0 Å². The molecule has 1 aliphatic heterocycles. The minimum atomic E-state index is -1.23. The van der Waals surface area contributed by atoms with Crippen LogP contribution in [-0.2, 0) is 4.79 Å². The molecular weight excluding hydrogens is 256 g/mol. The third-order valence-electron chi connectivity index (χ3n) is 2.62. The van der Waals surface area contributed by atoms with Crippen LogP contribution < -0.4 is 14.2 Å². The van der Waals surface area contributed by atoms with E-state index in [4.69, 9.17) is 24.4 Å². The third kappa shape index (κ3) is 2.54. The summed E-state index contributed by atoms with van der Waals surface area (Å²) in [7, 11) is 0. The molecule has 0 bridgehead atoms. The molecular formula is C12H12O7. The fraction of sp³-hybridized carbons (Fsp3) is 0.333. The van der Waals surface area contributed by atoms with Gasteiger partial charge in [-0.15, -0.1) is 0 Å². The lowest BCUT2D eigenvalue weighted by atomic mass is 10.1. The van der Waals surface area contributed by atoms with Crippen LogP contribution in [0.25, 0.3) is 0 Å². The van der Waals surface area contributed by atoms with Gasteiger partial charge in [-0.05, 0) is 6.42 Å². The molecule has 0 saturated heterocycles. The number of benzene rings is 1.